The van der Waals surface area contributed by atoms with Crippen LogP contribution >= 0.6 is 0 Å². The molecule has 0 radical (unpaired) electrons. The van der Waals surface area contributed by atoms with Gasteiger partial charge in [-0.05, 0) is 113 Å². The van der Waals surface area contributed by atoms with Crippen LogP contribution in [-0.2, 0) is 0 Å². The fourth-order valence-electron chi connectivity index (χ4n) is 12.1. The van der Waals surface area contributed by atoms with E-state index in [2.05, 4.69) is 252 Å². The minimum Gasteiger partial charge on any atom is -0.311 e. The van der Waals surface area contributed by atoms with Gasteiger partial charge < -0.3 is 14.4 Å². The minimum absolute atomic E-state index is 0.00655. The monoisotopic (exact) mass is 982 g/mol. The van der Waals surface area contributed by atoms with E-state index in [1.807, 2.05) is 36.4 Å². The minimum atomic E-state index is 0.00655. The summed E-state index contributed by atoms with van der Waals surface area (Å²) in [6.45, 7) is 2.18. The van der Waals surface area contributed by atoms with Gasteiger partial charge in [0, 0.05) is 67.0 Å². The van der Waals surface area contributed by atoms with Crippen LogP contribution in [0.4, 0.5) is 34.1 Å². The van der Waals surface area contributed by atoms with Crippen LogP contribution in [0.2, 0.25) is 0 Å². The zero-order valence-electron chi connectivity index (χ0n) is 42.2. The number of hydrogen-bond donors (Lipinski definition) is 0. The molecule has 0 saturated carbocycles. The number of hydrogen-bond acceptors (Lipinski definition) is 5. The number of fused-ring (bicyclic) bond motifs is 7. The first-order chi connectivity index (χ1) is 38.1. The molecule has 7 heteroatoms. The largest absolute Gasteiger partial charge is 0.311 e. The van der Waals surface area contributed by atoms with Gasteiger partial charge in [-0.25, -0.2) is 15.0 Å². The summed E-state index contributed by atoms with van der Waals surface area (Å²) in [5, 5.41) is 2.44. The molecule has 0 N–H and O–H groups in total. The Morgan fingerprint density at radius 1 is 0.325 bits per heavy atom. The van der Waals surface area contributed by atoms with Gasteiger partial charge in [0.05, 0.1) is 22.4 Å². The Morgan fingerprint density at radius 3 is 1.44 bits per heavy atom. The second kappa shape index (κ2) is 18.1. The Balaban J connectivity index is 0.952. The van der Waals surface area contributed by atoms with Crippen molar-refractivity contribution in [2.45, 2.75) is 6.92 Å². The van der Waals surface area contributed by atoms with Gasteiger partial charge in [0.1, 0.15) is 0 Å². The highest BCUT2D eigenvalue weighted by atomic mass is 15.2. The summed E-state index contributed by atoms with van der Waals surface area (Å²) in [6.07, 6.45) is 0. The van der Waals surface area contributed by atoms with Gasteiger partial charge in [-0.2, -0.15) is 0 Å². The van der Waals surface area contributed by atoms with Crippen molar-refractivity contribution in [1.29, 1.82) is 0 Å². The van der Waals surface area contributed by atoms with E-state index >= 15 is 0 Å². The molecule has 0 unspecified atom stereocenters. The quantitative estimate of drug-likeness (QED) is 0.142. The van der Waals surface area contributed by atoms with E-state index in [1.54, 1.807) is 0 Å². The predicted molar refractivity (Wildman–Crippen MR) is 320 cm³/mol. The van der Waals surface area contributed by atoms with E-state index in [1.165, 1.54) is 55.5 Å². The molecule has 13 aromatic rings. The topological polar surface area (TPSA) is 50.1 Å². The van der Waals surface area contributed by atoms with Crippen LogP contribution in [0.15, 0.2) is 267 Å². The summed E-state index contributed by atoms with van der Waals surface area (Å²) in [6, 6.07) is 96.1. The average Bonchev–Trinajstić information content (AvgIpc) is 3.83. The van der Waals surface area contributed by atoms with Gasteiger partial charge in [-0.15, -0.1) is 0 Å². The van der Waals surface area contributed by atoms with Crippen molar-refractivity contribution in [3.63, 3.8) is 0 Å². The lowest BCUT2D eigenvalue weighted by molar-refractivity contribution is 1.07. The number of aryl methyl sites for hydroxylation is 1. The summed E-state index contributed by atoms with van der Waals surface area (Å²) in [5.41, 5.74) is 22.6. The van der Waals surface area contributed by atoms with Gasteiger partial charge in [0.25, 0.3) is 6.71 Å². The number of para-hydroxylation sites is 5. The zero-order chi connectivity index (χ0) is 51.0. The Hall–Kier alpha value is -10.1. The molecule has 0 fully saturated rings. The van der Waals surface area contributed by atoms with Crippen LogP contribution in [0.5, 0.6) is 0 Å². The van der Waals surface area contributed by atoms with Crippen molar-refractivity contribution in [2.24, 2.45) is 0 Å². The maximum absolute atomic E-state index is 5.21. The van der Waals surface area contributed by atoms with Crippen molar-refractivity contribution in [1.82, 2.24) is 19.5 Å². The molecule has 15 rings (SSSR count). The third kappa shape index (κ3) is 7.31. The third-order valence-electron chi connectivity index (χ3n) is 15.5. The standard InChI is InChI=1S/C70H47BN6/c1-46-34-41-62-57(44-46)55-28-14-17-31-60(55)77(62)61-42-39-51(70-73-68(49-20-6-2-7-21-49)72-69(74-70)50-22-8-3-9-23-50)45-56(61)48-37-35-47(36-38-48)54-40-43-65-66-67(54)76(53-26-12-5-13-27-53)64-33-19-16-30-59(64)71(66)58-29-15-18-32-63(58)75(65)52-24-10-4-11-25-52/h2-45H,1H3. The molecule has 2 aliphatic rings. The lowest BCUT2D eigenvalue weighted by Crippen LogP contribution is -2.61. The van der Waals surface area contributed by atoms with Crippen LogP contribution < -0.4 is 26.2 Å². The molecule has 77 heavy (non-hydrogen) atoms. The fourth-order valence-corrected chi connectivity index (χ4v) is 12.1. The summed E-state index contributed by atoms with van der Waals surface area (Å²) in [5.74, 6) is 1.86. The van der Waals surface area contributed by atoms with E-state index < -0.39 is 0 Å². The molecule has 0 bridgehead atoms. The van der Waals surface area contributed by atoms with Gasteiger partial charge >= 0.3 is 0 Å². The second-order valence-electron chi connectivity index (χ2n) is 20.0. The summed E-state index contributed by atoms with van der Waals surface area (Å²) in [4.78, 5) is 20.4. The number of benzene rings is 11. The van der Waals surface area contributed by atoms with Crippen LogP contribution in [0.25, 0.3) is 83.9 Å². The number of rotatable bonds is 8. The maximum atomic E-state index is 5.21. The molecule has 360 valence electrons. The molecule has 4 heterocycles. The maximum Gasteiger partial charge on any atom is 0.252 e. The Kier molecular flexibility index (Phi) is 10.4. The molecule has 0 spiro atoms. The second-order valence-corrected chi connectivity index (χ2v) is 20.0. The Bertz CT molecular complexity index is 4340. The molecule has 6 nitrogen and oxygen atoms in total. The number of anilines is 6. The van der Waals surface area contributed by atoms with E-state index in [4.69, 9.17) is 15.0 Å². The normalized spacial score (nSPS) is 12.4. The highest BCUT2D eigenvalue weighted by molar-refractivity contribution is 7.00. The van der Waals surface area contributed by atoms with E-state index in [0.29, 0.717) is 17.5 Å². The molecule has 0 saturated heterocycles. The van der Waals surface area contributed by atoms with Gasteiger partial charge in [0.15, 0.2) is 17.5 Å². The zero-order valence-corrected chi connectivity index (χ0v) is 42.2. The van der Waals surface area contributed by atoms with Crippen molar-refractivity contribution in [3.05, 3.63) is 272 Å². The Labute approximate surface area is 447 Å². The van der Waals surface area contributed by atoms with E-state index in [9.17, 15) is 0 Å². The fraction of sp³-hybridized carbons (Fsp3) is 0.0143. The summed E-state index contributed by atoms with van der Waals surface area (Å²) >= 11 is 0. The highest BCUT2D eigenvalue weighted by Crippen LogP contribution is 2.48. The lowest BCUT2D eigenvalue weighted by atomic mass is 9.33. The molecule has 11 aromatic carbocycles. The SMILES string of the molecule is Cc1ccc2c(c1)c1ccccc1n2-c1ccc(-c2nc(-c3ccccc3)nc(-c3ccccc3)n2)cc1-c1ccc(-c2ccc3c4c2N(c2ccccc2)c2ccccc2B4c2ccccc2N3c2ccccc2)cc1. The first-order valence-corrected chi connectivity index (χ1v) is 26.3. The molecular weight excluding hydrogens is 936 g/mol. The van der Waals surface area contributed by atoms with E-state index in [-0.39, 0.29) is 6.71 Å². The molecule has 0 amide bonds. The highest BCUT2D eigenvalue weighted by Gasteiger charge is 2.44. The van der Waals surface area contributed by atoms with Crippen LogP contribution in [0.1, 0.15) is 5.56 Å². The first-order valence-electron chi connectivity index (χ1n) is 26.3. The Morgan fingerprint density at radius 2 is 0.805 bits per heavy atom. The van der Waals surface area contributed by atoms with Gasteiger partial charge in [-0.3, -0.25) is 0 Å². The molecule has 0 atom stereocenters. The van der Waals surface area contributed by atoms with Crippen molar-refractivity contribution < 1.29 is 0 Å². The van der Waals surface area contributed by atoms with Crippen molar-refractivity contribution in [3.8, 4) is 62.1 Å². The van der Waals surface area contributed by atoms with Crippen LogP contribution in [-0.4, -0.2) is 26.2 Å². The van der Waals surface area contributed by atoms with Crippen molar-refractivity contribution in [2.75, 3.05) is 9.80 Å². The van der Waals surface area contributed by atoms with Crippen LogP contribution in [0, 0.1) is 6.92 Å². The van der Waals surface area contributed by atoms with Crippen LogP contribution in [0.3, 0.4) is 0 Å². The predicted octanol–water partition coefficient (Wildman–Crippen LogP) is 15.7. The van der Waals surface area contributed by atoms with Crippen molar-refractivity contribution >= 4 is 79.0 Å². The van der Waals surface area contributed by atoms with Gasteiger partial charge in [-0.1, -0.05) is 194 Å². The summed E-state index contributed by atoms with van der Waals surface area (Å²) < 4.78 is 2.43. The molecular formula is C70H47BN6. The molecule has 2 aromatic heterocycles. The molecule has 0 aliphatic carbocycles. The molecule has 2 aliphatic heterocycles. The van der Waals surface area contributed by atoms with Gasteiger partial charge in [0.2, 0.25) is 0 Å². The number of nitrogens with zero attached hydrogens (tertiary/aromatic N) is 6. The summed E-state index contributed by atoms with van der Waals surface area (Å²) in [7, 11) is 0. The third-order valence-corrected chi connectivity index (χ3v) is 15.5. The average molecular weight is 983 g/mol. The smallest absolute Gasteiger partial charge is 0.252 e. The number of aromatic nitrogens is 4. The lowest BCUT2D eigenvalue weighted by Gasteiger charge is -2.45. The first kappa shape index (κ1) is 44.4. The van der Waals surface area contributed by atoms with E-state index in [0.717, 1.165) is 67.0 Å².